The van der Waals surface area contributed by atoms with Crippen LogP contribution in [-0.4, -0.2) is 68.9 Å². The molecule has 3 rings (SSSR count). The van der Waals surface area contributed by atoms with Crippen LogP contribution in [0.2, 0.25) is 0 Å². The molecule has 2 aliphatic rings. The number of likely N-dealkylation sites (tertiary alicyclic amines) is 1. The SMILES string of the molecule is CCOC(=O)C1CCN(C(=O)[C@@H]2CCCN(S(=O)(=O)c3ccc(OCC)c(C)c3)C2)CC1. The van der Waals surface area contributed by atoms with E-state index in [-0.39, 0.29) is 35.2 Å². The zero-order valence-corrected chi connectivity index (χ0v) is 20.0. The molecule has 0 spiro atoms. The first-order valence-electron chi connectivity index (χ1n) is 11.5. The Kier molecular flexibility index (Phi) is 8.16. The number of rotatable bonds is 7. The van der Waals surface area contributed by atoms with Crippen molar-refractivity contribution in [3.63, 3.8) is 0 Å². The van der Waals surface area contributed by atoms with Gasteiger partial charge in [0.25, 0.3) is 0 Å². The molecule has 1 aromatic rings. The highest BCUT2D eigenvalue weighted by Crippen LogP contribution is 2.29. The summed E-state index contributed by atoms with van der Waals surface area (Å²) in [6, 6.07) is 4.89. The molecule has 8 nitrogen and oxygen atoms in total. The standard InChI is InChI=1S/C23H34N2O6S/c1-4-30-21-9-8-20(15-17(21)3)32(28,29)25-12-6-7-19(16-25)22(26)24-13-10-18(11-14-24)23(27)31-5-2/h8-9,15,18-19H,4-7,10-14,16H2,1-3H3/t19-/m1/s1. The molecule has 2 heterocycles. The summed E-state index contributed by atoms with van der Waals surface area (Å²) in [7, 11) is -3.69. The number of carbonyl (C=O) groups is 2. The number of hydrogen-bond donors (Lipinski definition) is 0. The number of amides is 1. The van der Waals surface area contributed by atoms with Crippen molar-refractivity contribution in [2.75, 3.05) is 39.4 Å². The number of esters is 1. The maximum atomic E-state index is 13.2. The van der Waals surface area contributed by atoms with Crippen LogP contribution in [0.25, 0.3) is 0 Å². The molecule has 2 saturated heterocycles. The van der Waals surface area contributed by atoms with Crippen LogP contribution in [0.4, 0.5) is 0 Å². The summed E-state index contributed by atoms with van der Waals surface area (Å²) in [5.41, 5.74) is 0.766. The summed E-state index contributed by atoms with van der Waals surface area (Å²) in [6.07, 6.45) is 2.49. The van der Waals surface area contributed by atoms with Crippen molar-refractivity contribution in [2.45, 2.75) is 51.3 Å². The molecule has 1 aromatic carbocycles. The highest BCUT2D eigenvalue weighted by Gasteiger charge is 2.37. The Hall–Kier alpha value is -2.13. The van der Waals surface area contributed by atoms with Crippen molar-refractivity contribution in [2.24, 2.45) is 11.8 Å². The quantitative estimate of drug-likeness (QED) is 0.574. The minimum atomic E-state index is -3.69. The summed E-state index contributed by atoms with van der Waals surface area (Å²) >= 11 is 0. The van der Waals surface area contributed by atoms with Gasteiger partial charge in [-0.25, -0.2) is 8.42 Å². The average Bonchev–Trinajstić information content (AvgIpc) is 2.80. The fourth-order valence-electron chi connectivity index (χ4n) is 4.47. The van der Waals surface area contributed by atoms with Crippen LogP contribution in [0, 0.1) is 18.8 Å². The Labute approximate surface area is 190 Å². The van der Waals surface area contributed by atoms with Gasteiger partial charge in [-0.05, 0) is 70.2 Å². The number of benzene rings is 1. The Balaban J connectivity index is 1.64. The number of hydrogen-bond acceptors (Lipinski definition) is 6. The van der Waals surface area contributed by atoms with Crippen LogP contribution in [-0.2, 0) is 24.3 Å². The fourth-order valence-corrected chi connectivity index (χ4v) is 6.07. The van der Waals surface area contributed by atoms with Gasteiger partial charge in [0.05, 0.1) is 29.9 Å². The molecule has 0 saturated carbocycles. The fraction of sp³-hybridized carbons (Fsp3) is 0.652. The third-order valence-electron chi connectivity index (χ3n) is 6.24. The van der Waals surface area contributed by atoms with Gasteiger partial charge < -0.3 is 14.4 Å². The lowest BCUT2D eigenvalue weighted by molar-refractivity contribution is -0.152. The number of piperidine rings is 2. The van der Waals surface area contributed by atoms with E-state index in [1.165, 1.54) is 4.31 Å². The predicted octanol–water partition coefficient (Wildman–Crippen LogP) is 2.60. The molecule has 0 aromatic heterocycles. The van der Waals surface area contributed by atoms with E-state index < -0.39 is 10.0 Å². The van der Waals surface area contributed by atoms with Gasteiger partial charge in [0.1, 0.15) is 5.75 Å². The van der Waals surface area contributed by atoms with Crippen LogP contribution in [0.3, 0.4) is 0 Å². The Bertz CT molecular complexity index is 924. The van der Waals surface area contributed by atoms with Gasteiger partial charge in [0.2, 0.25) is 15.9 Å². The highest BCUT2D eigenvalue weighted by molar-refractivity contribution is 7.89. The first-order valence-corrected chi connectivity index (χ1v) is 12.9. The molecule has 2 fully saturated rings. The smallest absolute Gasteiger partial charge is 0.309 e. The van der Waals surface area contributed by atoms with Gasteiger partial charge in [-0.15, -0.1) is 0 Å². The molecule has 178 valence electrons. The molecule has 0 aliphatic carbocycles. The van der Waals surface area contributed by atoms with Crippen molar-refractivity contribution in [1.82, 2.24) is 9.21 Å². The van der Waals surface area contributed by atoms with E-state index in [1.54, 1.807) is 30.0 Å². The maximum Gasteiger partial charge on any atom is 0.309 e. The van der Waals surface area contributed by atoms with E-state index >= 15 is 0 Å². The van der Waals surface area contributed by atoms with Crippen LogP contribution in [0.15, 0.2) is 23.1 Å². The van der Waals surface area contributed by atoms with Gasteiger partial charge in [-0.3, -0.25) is 9.59 Å². The second kappa shape index (κ2) is 10.7. The van der Waals surface area contributed by atoms with Crippen LogP contribution >= 0.6 is 0 Å². The molecular weight excluding hydrogens is 432 g/mol. The van der Waals surface area contributed by atoms with Crippen LogP contribution in [0.5, 0.6) is 5.75 Å². The third kappa shape index (κ3) is 5.43. The van der Waals surface area contributed by atoms with Crippen molar-refractivity contribution in [3.05, 3.63) is 23.8 Å². The minimum Gasteiger partial charge on any atom is -0.494 e. The molecule has 1 amide bonds. The van der Waals surface area contributed by atoms with Crippen LogP contribution in [0.1, 0.15) is 45.1 Å². The monoisotopic (exact) mass is 466 g/mol. The molecule has 9 heteroatoms. The molecule has 0 radical (unpaired) electrons. The minimum absolute atomic E-state index is 0.0184. The predicted molar refractivity (Wildman–Crippen MR) is 120 cm³/mol. The Morgan fingerprint density at radius 1 is 1.03 bits per heavy atom. The van der Waals surface area contributed by atoms with E-state index in [0.717, 1.165) is 5.56 Å². The summed E-state index contributed by atoms with van der Waals surface area (Å²) in [6.45, 7) is 7.97. The van der Waals surface area contributed by atoms with Gasteiger partial charge in [0.15, 0.2) is 0 Å². The van der Waals surface area contributed by atoms with Crippen LogP contribution < -0.4 is 4.74 Å². The largest absolute Gasteiger partial charge is 0.494 e. The zero-order valence-electron chi connectivity index (χ0n) is 19.2. The van der Waals surface area contributed by atoms with Crippen molar-refractivity contribution in [1.29, 1.82) is 0 Å². The first kappa shape index (κ1) is 24.5. The second-order valence-corrected chi connectivity index (χ2v) is 10.4. The molecular formula is C23H34N2O6S. The molecule has 0 N–H and O–H groups in total. The van der Waals surface area contributed by atoms with Gasteiger partial charge in [0, 0.05) is 26.2 Å². The topological polar surface area (TPSA) is 93.2 Å². The van der Waals surface area contributed by atoms with E-state index in [4.69, 9.17) is 9.47 Å². The molecule has 2 aliphatic heterocycles. The molecule has 32 heavy (non-hydrogen) atoms. The average molecular weight is 467 g/mol. The highest BCUT2D eigenvalue weighted by atomic mass is 32.2. The summed E-state index contributed by atoms with van der Waals surface area (Å²) < 4.78 is 38.5. The number of carbonyl (C=O) groups excluding carboxylic acids is 2. The van der Waals surface area contributed by atoms with Gasteiger partial charge >= 0.3 is 5.97 Å². The third-order valence-corrected chi connectivity index (χ3v) is 8.11. The van der Waals surface area contributed by atoms with Gasteiger partial charge in [-0.2, -0.15) is 4.31 Å². The lowest BCUT2D eigenvalue weighted by atomic mass is 9.93. The van der Waals surface area contributed by atoms with Gasteiger partial charge in [-0.1, -0.05) is 0 Å². The number of sulfonamides is 1. The maximum absolute atomic E-state index is 13.2. The van der Waals surface area contributed by atoms with E-state index in [0.29, 0.717) is 64.3 Å². The number of nitrogens with zero attached hydrogens (tertiary/aromatic N) is 2. The number of ether oxygens (including phenoxy) is 2. The van der Waals surface area contributed by atoms with Crippen molar-refractivity contribution in [3.8, 4) is 5.75 Å². The second-order valence-electron chi connectivity index (χ2n) is 8.41. The summed E-state index contributed by atoms with van der Waals surface area (Å²) in [4.78, 5) is 27.0. The number of aryl methyl sites for hydroxylation is 1. The zero-order chi connectivity index (χ0) is 23.3. The summed E-state index contributed by atoms with van der Waals surface area (Å²) in [5.74, 6) is -0.0637. The molecule has 0 unspecified atom stereocenters. The Morgan fingerprint density at radius 2 is 1.75 bits per heavy atom. The first-order chi connectivity index (χ1) is 15.3. The molecule has 1 atom stereocenters. The van der Waals surface area contributed by atoms with E-state index in [9.17, 15) is 18.0 Å². The lowest BCUT2D eigenvalue weighted by Crippen LogP contribution is -2.49. The normalized spacial score (nSPS) is 20.7. The summed E-state index contributed by atoms with van der Waals surface area (Å²) in [5, 5.41) is 0. The van der Waals surface area contributed by atoms with E-state index in [2.05, 4.69) is 0 Å². The van der Waals surface area contributed by atoms with E-state index in [1.807, 2.05) is 13.8 Å². The van der Waals surface area contributed by atoms with Crippen molar-refractivity contribution < 1.29 is 27.5 Å². The van der Waals surface area contributed by atoms with Crippen molar-refractivity contribution >= 4 is 21.9 Å². The Morgan fingerprint density at radius 3 is 2.38 bits per heavy atom. The lowest BCUT2D eigenvalue weighted by Gasteiger charge is -2.37. The molecule has 0 bridgehead atoms.